The smallest absolute Gasteiger partial charge is 0.228 e. The Hall–Kier alpha value is -2.53. The van der Waals surface area contributed by atoms with Crippen LogP contribution in [0.5, 0.6) is 11.5 Å². The van der Waals surface area contributed by atoms with E-state index < -0.39 is 0 Å². The first kappa shape index (κ1) is 21.7. The summed E-state index contributed by atoms with van der Waals surface area (Å²) in [7, 11) is 0. The van der Waals surface area contributed by atoms with E-state index in [0.717, 1.165) is 42.1 Å². The van der Waals surface area contributed by atoms with Crippen LogP contribution in [0.1, 0.15) is 18.4 Å². The number of halogens is 2. The van der Waals surface area contributed by atoms with Gasteiger partial charge in [-0.1, -0.05) is 47.5 Å². The minimum absolute atomic E-state index is 0.0450. The summed E-state index contributed by atoms with van der Waals surface area (Å²) in [6.45, 7) is 2.37. The van der Waals surface area contributed by atoms with Crippen molar-refractivity contribution >= 4 is 34.8 Å². The fourth-order valence-electron chi connectivity index (χ4n) is 3.78. The van der Waals surface area contributed by atoms with Crippen LogP contribution in [-0.2, 0) is 11.3 Å². The van der Waals surface area contributed by atoms with Gasteiger partial charge in [0.2, 0.25) is 5.91 Å². The molecular formula is C25H24Cl2N2O2. The summed E-state index contributed by atoms with van der Waals surface area (Å²) in [5, 5.41) is 4.33. The van der Waals surface area contributed by atoms with Gasteiger partial charge in [0.15, 0.2) is 0 Å². The van der Waals surface area contributed by atoms with Gasteiger partial charge in [0, 0.05) is 28.8 Å². The maximum Gasteiger partial charge on any atom is 0.228 e. The zero-order valence-electron chi connectivity index (χ0n) is 17.1. The molecular weight excluding hydrogens is 431 g/mol. The lowest BCUT2D eigenvalue weighted by molar-refractivity contribution is -0.121. The molecule has 1 amide bonds. The van der Waals surface area contributed by atoms with E-state index in [4.69, 9.17) is 27.9 Å². The van der Waals surface area contributed by atoms with Gasteiger partial charge in [-0.05, 0) is 73.5 Å². The number of carbonyl (C=O) groups is 1. The number of hydrogen-bond acceptors (Lipinski definition) is 3. The summed E-state index contributed by atoms with van der Waals surface area (Å²) >= 11 is 12.3. The zero-order chi connectivity index (χ0) is 21.6. The lowest BCUT2D eigenvalue weighted by atomic mass is 9.96. The van der Waals surface area contributed by atoms with Gasteiger partial charge in [0.05, 0.1) is 5.92 Å². The topological polar surface area (TPSA) is 41.6 Å². The zero-order valence-corrected chi connectivity index (χ0v) is 18.6. The van der Waals surface area contributed by atoms with Gasteiger partial charge in [-0.3, -0.25) is 9.69 Å². The Balaban J connectivity index is 1.32. The predicted octanol–water partition coefficient (Wildman–Crippen LogP) is 6.64. The third-order valence-corrected chi connectivity index (χ3v) is 5.97. The SMILES string of the molecule is O=C(Nc1ccc(Oc2ccccc2)cc1)C1CCCN(Cc2ccc(Cl)cc2Cl)C1. The van der Waals surface area contributed by atoms with Crippen LogP contribution in [0.25, 0.3) is 0 Å². The molecule has 1 aliphatic rings. The molecule has 0 spiro atoms. The van der Waals surface area contributed by atoms with E-state index in [2.05, 4.69) is 10.2 Å². The number of hydrogen-bond donors (Lipinski definition) is 1. The Morgan fingerprint density at radius 1 is 1.00 bits per heavy atom. The molecule has 1 fully saturated rings. The van der Waals surface area contributed by atoms with Crippen LogP contribution in [0, 0.1) is 5.92 Å². The standard InChI is InChI=1S/C25H24Cl2N2O2/c26-20-9-8-18(24(27)15-20)16-29-14-4-5-19(17-29)25(30)28-21-10-12-23(13-11-21)31-22-6-2-1-3-7-22/h1-3,6-13,15,19H,4-5,14,16-17H2,(H,28,30). The van der Waals surface area contributed by atoms with E-state index in [9.17, 15) is 4.79 Å². The molecule has 1 N–H and O–H groups in total. The molecule has 1 heterocycles. The number of amides is 1. The van der Waals surface area contributed by atoms with Gasteiger partial charge in [-0.15, -0.1) is 0 Å². The van der Waals surface area contributed by atoms with E-state index in [1.54, 1.807) is 6.07 Å². The summed E-state index contributed by atoms with van der Waals surface area (Å²) in [5.41, 5.74) is 1.80. The number of piperidine rings is 1. The molecule has 6 heteroatoms. The summed E-state index contributed by atoms with van der Waals surface area (Å²) in [5.74, 6) is 1.50. The van der Waals surface area contributed by atoms with Crippen molar-refractivity contribution in [3.8, 4) is 11.5 Å². The molecule has 160 valence electrons. The predicted molar refractivity (Wildman–Crippen MR) is 126 cm³/mol. The number of anilines is 1. The average molecular weight is 455 g/mol. The maximum atomic E-state index is 12.8. The molecule has 0 aliphatic carbocycles. The van der Waals surface area contributed by atoms with Crippen LogP contribution >= 0.6 is 23.2 Å². The Bertz CT molecular complexity index is 1030. The average Bonchev–Trinajstić information content (AvgIpc) is 2.78. The molecule has 1 aliphatic heterocycles. The van der Waals surface area contributed by atoms with Crippen molar-refractivity contribution in [1.82, 2.24) is 4.90 Å². The van der Waals surface area contributed by atoms with E-state index in [-0.39, 0.29) is 11.8 Å². The third kappa shape index (κ3) is 6.01. The number of nitrogens with one attached hydrogen (secondary N) is 1. The molecule has 3 aromatic rings. The van der Waals surface area contributed by atoms with Crippen LogP contribution in [-0.4, -0.2) is 23.9 Å². The first-order valence-electron chi connectivity index (χ1n) is 10.4. The van der Waals surface area contributed by atoms with Gasteiger partial charge >= 0.3 is 0 Å². The monoisotopic (exact) mass is 454 g/mol. The van der Waals surface area contributed by atoms with Crippen LogP contribution in [0.2, 0.25) is 10.0 Å². The molecule has 0 saturated carbocycles. The number of rotatable bonds is 6. The highest BCUT2D eigenvalue weighted by Gasteiger charge is 2.26. The number of likely N-dealkylation sites (tertiary alicyclic amines) is 1. The molecule has 1 unspecified atom stereocenters. The summed E-state index contributed by atoms with van der Waals surface area (Å²) in [6.07, 6.45) is 1.86. The fourth-order valence-corrected chi connectivity index (χ4v) is 4.25. The van der Waals surface area contributed by atoms with E-state index in [0.29, 0.717) is 23.1 Å². The largest absolute Gasteiger partial charge is 0.457 e. The van der Waals surface area contributed by atoms with E-state index in [1.165, 1.54) is 0 Å². The molecule has 0 radical (unpaired) electrons. The molecule has 1 atom stereocenters. The van der Waals surface area contributed by atoms with Gasteiger partial charge in [-0.25, -0.2) is 0 Å². The number of ether oxygens (including phenoxy) is 1. The van der Waals surface area contributed by atoms with Crippen molar-refractivity contribution in [2.24, 2.45) is 5.92 Å². The normalized spacial score (nSPS) is 16.6. The lowest BCUT2D eigenvalue weighted by Gasteiger charge is -2.32. The van der Waals surface area contributed by atoms with Crippen molar-refractivity contribution < 1.29 is 9.53 Å². The van der Waals surface area contributed by atoms with Crippen LogP contribution in [0.15, 0.2) is 72.8 Å². The maximum absolute atomic E-state index is 12.8. The van der Waals surface area contributed by atoms with Crippen molar-refractivity contribution in [1.29, 1.82) is 0 Å². The molecule has 4 nitrogen and oxygen atoms in total. The van der Waals surface area contributed by atoms with Gasteiger partial charge in [0.25, 0.3) is 0 Å². The minimum Gasteiger partial charge on any atom is -0.457 e. The van der Waals surface area contributed by atoms with Crippen molar-refractivity contribution in [2.45, 2.75) is 19.4 Å². The second kappa shape index (κ2) is 10.2. The third-order valence-electron chi connectivity index (χ3n) is 5.39. The summed E-state index contributed by atoms with van der Waals surface area (Å²) < 4.78 is 5.80. The second-order valence-electron chi connectivity index (χ2n) is 7.74. The minimum atomic E-state index is -0.0555. The highest BCUT2D eigenvalue weighted by molar-refractivity contribution is 6.35. The van der Waals surface area contributed by atoms with E-state index in [1.807, 2.05) is 66.7 Å². The van der Waals surface area contributed by atoms with E-state index >= 15 is 0 Å². The Labute approximate surface area is 192 Å². The Kier molecular flexibility index (Phi) is 7.13. The lowest BCUT2D eigenvalue weighted by Crippen LogP contribution is -2.40. The second-order valence-corrected chi connectivity index (χ2v) is 8.58. The number of para-hydroxylation sites is 1. The Morgan fingerprint density at radius 2 is 1.74 bits per heavy atom. The molecule has 0 aromatic heterocycles. The quantitative estimate of drug-likeness (QED) is 0.453. The molecule has 0 bridgehead atoms. The van der Waals surface area contributed by atoms with Crippen molar-refractivity contribution in [3.63, 3.8) is 0 Å². The summed E-state index contributed by atoms with van der Waals surface area (Å²) in [6, 6.07) is 22.6. The number of carbonyl (C=O) groups excluding carboxylic acids is 1. The van der Waals surface area contributed by atoms with Crippen LogP contribution in [0.4, 0.5) is 5.69 Å². The first-order chi connectivity index (χ1) is 15.1. The van der Waals surface area contributed by atoms with Crippen molar-refractivity contribution in [3.05, 3.63) is 88.4 Å². The Morgan fingerprint density at radius 3 is 2.48 bits per heavy atom. The van der Waals surface area contributed by atoms with Crippen LogP contribution in [0.3, 0.4) is 0 Å². The summed E-state index contributed by atoms with van der Waals surface area (Å²) in [4.78, 5) is 15.1. The highest BCUT2D eigenvalue weighted by atomic mass is 35.5. The molecule has 3 aromatic carbocycles. The molecule has 1 saturated heterocycles. The van der Waals surface area contributed by atoms with Gasteiger partial charge < -0.3 is 10.1 Å². The van der Waals surface area contributed by atoms with Crippen molar-refractivity contribution in [2.75, 3.05) is 18.4 Å². The number of nitrogens with zero attached hydrogens (tertiary/aromatic N) is 1. The first-order valence-corrected chi connectivity index (χ1v) is 11.1. The fraction of sp³-hybridized carbons (Fsp3) is 0.240. The van der Waals surface area contributed by atoms with Gasteiger partial charge in [0.1, 0.15) is 11.5 Å². The molecule has 31 heavy (non-hydrogen) atoms. The van der Waals surface area contributed by atoms with Gasteiger partial charge in [-0.2, -0.15) is 0 Å². The highest BCUT2D eigenvalue weighted by Crippen LogP contribution is 2.26. The molecule has 4 rings (SSSR count). The van der Waals surface area contributed by atoms with Crippen LogP contribution < -0.4 is 10.1 Å². The number of benzene rings is 3.